The monoisotopic (exact) mass is 520 g/mol. The van der Waals surface area contributed by atoms with E-state index in [2.05, 4.69) is 26.6 Å². The lowest BCUT2D eigenvalue weighted by Gasteiger charge is -2.11. The molecule has 0 saturated heterocycles. The van der Waals surface area contributed by atoms with Gasteiger partial charge in [-0.15, -0.1) is 0 Å². The standard InChI is InChI=1S/C12H14BrNO3.C12H15NO3/c1-7-4-12(14-8(2)15)11(13)5-10(7)6-17-9(3)16;1-8-6-12(13-9(2)14)5-4-11(8)7-16-10(3)15/h4-5H,6H2,1-3H3,(H,14,15);4-6H,7H2,1-3H3,(H,13,14). The highest BCUT2D eigenvalue weighted by atomic mass is 79.9. The van der Waals surface area contributed by atoms with Gasteiger partial charge in [0.1, 0.15) is 13.2 Å². The van der Waals surface area contributed by atoms with Crippen molar-refractivity contribution in [2.24, 2.45) is 0 Å². The Hall–Kier alpha value is -3.20. The van der Waals surface area contributed by atoms with Gasteiger partial charge in [-0.25, -0.2) is 0 Å². The van der Waals surface area contributed by atoms with Gasteiger partial charge in [0.05, 0.1) is 5.69 Å². The summed E-state index contributed by atoms with van der Waals surface area (Å²) in [6, 6.07) is 9.14. The summed E-state index contributed by atoms with van der Waals surface area (Å²) in [6.07, 6.45) is 0. The van der Waals surface area contributed by atoms with Crippen molar-refractivity contribution in [3.63, 3.8) is 0 Å². The van der Waals surface area contributed by atoms with Crippen molar-refractivity contribution in [3.8, 4) is 0 Å². The molecule has 0 aliphatic carbocycles. The predicted molar refractivity (Wildman–Crippen MR) is 130 cm³/mol. The Morgan fingerprint density at radius 1 is 0.758 bits per heavy atom. The van der Waals surface area contributed by atoms with E-state index in [0.29, 0.717) is 5.69 Å². The SMILES string of the molecule is CC(=O)Nc1cc(C)c(COC(C)=O)cc1Br.CC(=O)Nc1ccc(COC(C)=O)c(C)c1. The summed E-state index contributed by atoms with van der Waals surface area (Å²) in [6.45, 7) is 9.97. The van der Waals surface area contributed by atoms with Crippen LogP contribution in [0.15, 0.2) is 34.8 Å². The van der Waals surface area contributed by atoms with Crippen LogP contribution in [-0.4, -0.2) is 23.8 Å². The molecule has 2 aromatic carbocycles. The molecule has 2 N–H and O–H groups in total. The maximum atomic E-state index is 11.0. The number of rotatable bonds is 6. The van der Waals surface area contributed by atoms with E-state index in [1.54, 1.807) is 6.07 Å². The second-order valence-electron chi connectivity index (χ2n) is 7.32. The number of hydrogen-bond acceptors (Lipinski definition) is 6. The molecule has 178 valence electrons. The van der Waals surface area contributed by atoms with Crippen molar-refractivity contribution in [1.82, 2.24) is 0 Å². The molecule has 0 spiro atoms. The number of ether oxygens (including phenoxy) is 2. The lowest BCUT2D eigenvalue weighted by molar-refractivity contribution is -0.143. The number of aryl methyl sites for hydroxylation is 2. The Labute approximate surface area is 202 Å². The van der Waals surface area contributed by atoms with Crippen LogP contribution in [0.4, 0.5) is 11.4 Å². The topological polar surface area (TPSA) is 111 Å². The first-order chi connectivity index (χ1) is 15.4. The average Bonchev–Trinajstić information content (AvgIpc) is 2.68. The molecule has 0 aliphatic rings. The minimum Gasteiger partial charge on any atom is -0.461 e. The van der Waals surface area contributed by atoms with Crippen LogP contribution in [0.25, 0.3) is 0 Å². The van der Waals surface area contributed by atoms with Crippen molar-refractivity contribution < 1.29 is 28.7 Å². The Kier molecular flexibility index (Phi) is 11.3. The molecule has 9 heteroatoms. The Bertz CT molecular complexity index is 1040. The summed E-state index contributed by atoms with van der Waals surface area (Å²) >= 11 is 3.36. The molecule has 0 radical (unpaired) electrons. The average molecular weight is 521 g/mol. The van der Waals surface area contributed by atoms with Gasteiger partial charge < -0.3 is 20.1 Å². The lowest BCUT2D eigenvalue weighted by Crippen LogP contribution is -2.08. The third-order valence-corrected chi connectivity index (χ3v) is 4.92. The first-order valence-electron chi connectivity index (χ1n) is 10.1. The van der Waals surface area contributed by atoms with Crippen LogP contribution in [0.5, 0.6) is 0 Å². The third kappa shape index (κ3) is 10.8. The summed E-state index contributed by atoms with van der Waals surface area (Å²) < 4.78 is 10.6. The van der Waals surface area contributed by atoms with Gasteiger partial charge in [0.15, 0.2) is 0 Å². The summed E-state index contributed by atoms with van der Waals surface area (Å²) in [4.78, 5) is 43.2. The minimum absolute atomic E-state index is 0.105. The van der Waals surface area contributed by atoms with E-state index in [1.165, 1.54) is 27.7 Å². The largest absolute Gasteiger partial charge is 0.461 e. The number of hydrogen-bond donors (Lipinski definition) is 2. The summed E-state index contributed by atoms with van der Waals surface area (Å²) in [7, 11) is 0. The molecule has 0 aromatic heterocycles. The molecule has 8 nitrogen and oxygen atoms in total. The normalized spacial score (nSPS) is 9.79. The number of nitrogens with one attached hydrogen (secondary N) is 2. The molecule has 0 fully saturated rings. The van der Waals surface area contributed by atoms with E-state index in [4.69, 9.17) is 9.47 Å². The fourth-order valence-corrected chi connectivity index (χ4v) is 3.15. The van der Waals surface area contributed by atoms with Gasteiger partial charge >= 0.3 is 11.9 Å². The highest BCUT2D eigenvalue weighted by Crippen LogP contribution is 2.27. The van der Waals surface area contributed by atoms with E-state index in [0.717, 1.165) is 32.4 Å². The van der Waals surface area contributed by atoms with Crippen LogP contribution >= 0.6 is 15.9 Å². The minimum atomic E-state index is -0.313. The molecule has 0 bridgehead atoms. The van der Waals surface area contributed by atoms with Crippen molar-refractivity contribution in [3.05, 3.63) is 57.1 Å². The number of carbonyl (C=O) groups excluding carboxylic acids is 4. The second kappa shape index (κ2) is 13.4. The van der Waals surface area contributed by atoms with Crippen molar-refractivity contribution in [1.29, 1.82) is 0 Å². The van der Waals surface area contributed by atoms with Gasteiger partial charge in [-0.2, -0.15) is 0 Å². The molecule has 2 aromatic rings. The molecule has 2 amide bonds. The zero-order valence-corrected chi connectivity index (χ0v) is 21.2. The quantitative estimate of drug-likeness (QED) is 0.529. The van der Waals surface area contributed by atoms with E-state index in [1.807, 2.05) is 38.1 Å². The Morgan fingerprint density at radius 3 is 1.76 bits per heavy atom. The summed E-state index contributed by atoms with van der Waals surface area (Å²) in [5, 5.41) is 5.40. The molecule has 33 heavy (non-hydrogen) atoms. The maximum absolute atomic E-state index is 11.0. The Balaban J connectivity index is 0.000000331. The van der Waals surface area contributed by atoms with E-state index in [9.17, 15) is 19.2 Å². The maximum Gasteiger partial charge on any atom is 0.302 e. The molecule has 2 rings (SSSR count). The number of benzene rings is 2. The number of esters is 2. The van der Waals surface area contributed by atoms with Crippen molar-refractivity contribution in [2.75, 3.05) is 10.6 Å². The highest BCUT2D eigenvalue weighted by molar-refractivity contribution is 9.10. The van der Waals surface area contributed by atoms with Crippen molar-refractivity contribution >= 4 is 51.1 Å². The van der Waals surface area contributed by atoms with Crippen molar-refractivity contribution in [2.45, 2.75) is 54.8 Å². The lowest BCUT2D eigenvalue weighted by atomic mass is 10.1. The van der Waals surface area contributed by atoms with Crippen LogP contribution < -0.4 is 10.6 Å². The second-order valence-corrected chi connectivity index (χ2v) is 8.18. The van der Waals surface area contributed by atoms with Gasteiger partial charge in [0.25, 0.3) is 0 Å². The highest BCUT2D eigenvalue weighted by Gasteiger charge is 2.08. The molecule has 0 saturated carbocycles. The van der Waals surface area contributed by atoms with Crippen LogP contribution in [0.1, 0.15) is 49.9 Å². The van der Waals surface area contributed by atoms with E-state index < -0.39 is 0 Å². The first kappa shape index (κ1) is 27.8. The van der Waals surface area contributed by atoms with Crippen LogP contribution in [0.2, 0.25) is 0 Å². The fraction of sp³-hybridized carbons (Fsp3) is 0.333. The molecule has 0 unspecified atom stereocenters. The smallest absolute Gasteiger partial charge is 0.302 e. The van der Waals surface area contributed by atoms with Crippen LogP contribution in [-0.2, 0) is 41.9 Å². The fourth-order valence-electron chi connectivity index (χ4n) is 2.66. The Morgan fingerprint density at radius 2 is 1.27 bits per heavy atom. The number of carbonyl (C=O) groups is 4. The third-order valence-electron chi connectivity index (χ3n) is 4.26. The van der Waals surface area contributed by atoms with Crippen LogP contribution in [0, 0.1) is 13.8 Å². The molecular weight excluding hydrogens is 492 g/mol. The van der Waals surface area contributed by atoms with E-state index >= 15 is 0 Å². The van der Waals surface area contributed by atoms with Crippen LogP contribution in [0.3, 0.4) is 0 Å². The van der Waals surface area contributed by atoms with Gasteiger partial charge in [0.2, 0.25) is 11.8 Å². The number of halogens is 1. The number of amides is 2. The molecule has 0 atom stereocenters. The zero-order chi connectivity index (χ0) is 25.1. The van der Waals surface area contributed by atoms with Gasteiger partial charge in [-0.05, 0) is 76.3 Å². The predicted octanol–water partition coefficient (Wildman–Crippen LogP) is 4.80. The van der Waals surface area contributed by atoms with E-state index in [-0.39, 0.29) is 37.0 Å². The molecular formula is C24H29BrN2O6. The van der Waals surface area contributed by atoms with Gasteiger partial charge in [-0.3, -0.25) is 19.2 Å². The van der Waals surface area contributed by atoms with Gasteiger partial charge in [-0.1, -0.05) is 6.07 Å². The number of anilines is 2. The van der Waals surface area contributed by atoms with Gasteiger partial charge in [0, 0.05) is 37.9 Å². The first-order valence-corrected chi connectivity index (χ1v) is 10.9. The molecule has 0 heterocycles. The summed E-state index contributed by atoms with van der Waals surface area (Å²) in [5.74, 6) is -0.846. The zero-order valence-electron chi connectivity index (χ0n) is 19.6. The molecule has 0 aliphatic heterocycles. The summed E-state index contributed by atoms with van der Waals surface area (Å²) in [5.41, 5.74) is 5.23.